The molecule has 16 heavy (non-hydrogen) atoms. The predicted molar refractivity (Wildman–Crippen MR) is 52.4 cm³/mol. The van der Waals surface area contributed by atoms with E-state index >= 15 is 0 Å². The Hall–Kier alpha value is -2.02. The number of nitrogens with two attached hydrogens (primary N) is 1. The van der Waals surface area contributed by atoms with Gasteiger partial charge in [0.2, 0.25) is 0 Å². The van der Waals surface area contributed by atoms with Gasteiger partial charge in [0.15, 0.2) is 0 Å². The molecule has 1 rings (SSSR count). The molecule has 1 unspecified atom stereocenters. The third-order valence-electron chi connectivity index (χ3n) is 2.03. The molecule has 0 aromatic heterocycles. The lowest BCUT2D eigenvalue weighted by Gasteiger charge is -2.07. The molecule has 0 saturated carbocycles. The summed E-state index contributed by atoms with van der Waals surface area (Å²) in [7, 11) is 0. The van der Waals surface area contributed by atoms with Gasteiger partial charge >= 0.3 is 5.97 Å². The number of halogens is 1. The molecule has 0 heterocycles. The minimum Gasteiger partial charge on any atom is -0.480 e. The van der Waals surface area contributed by atoms with E-state index in [1.807, 2.05) is 0 Å². The highest BCUT2D eigenvalue weighted by Gasteiger charge is 2.22. The molecule has 1 atom stereocenters. The van der Waals surface area contributed by atoms with Crippen molar-refractivity contribution < 1.29 is 19.2 Å². The molecule has 7 heteroatoms. The average molecular weight is 228 g/mol. The second kappa shape index (κ2) is 4.67. The molecule has 0 amide bonds. The summed E-state index contributed by atoms with van der Waals surface area (Å²) < 4.78 is 13.3. The normalized spacial score (nSPS) is 12.1. The number of nitro benzene ring substituents is 1. The van der Waals surface area contributed by atoms with Crippen LogP contribution in [0.4, 0.5) is 10.1 Å². The van der Waals surface area contributed by atoms with E-state index < -0.39 is 34.9 Å². The average Bonchev–Trinajstić information content (AvgIpc) is 2.20. The van der Waals surface area contributed by atoms with Crippen LogP contribution in [0.15, 0.2) is 18.2 Å². The second-order valence-electron chi connectivity index (χ2n) is 3.14. The van der Waals surface area contributed by atoms with Crippen molar-refractivity contribution in [2.75, 3.05) is 0 Å². The third kappa shape index (κ3) is 2.51. The van der Waals surface area contributed by atoms with Crippen molar-refractivity contribution in [2.24, 2.45) is 5.73 Å². The van der Waals surface area contributed by atoms with E-state index in [0.717, 1.165) is 12.1 Å². The quantitative estimate of drug-likeness (QED) is 0.582. The van der Waals surface area contributed by atoms with Crippen LogP contribution in [-0.2, 0) is 11.2 Å². The van der Waals surface area contributed by atoms with E-state index in [2.05, 4.69) is 0 Å². The molecule has 0 spiro atoms. The Balaban J connectivity index is 3.11. The maximum atomic E-state index is 13.3. The van der Waals surface area contributed by atoms with Crippen molar-refractivity contribution in [1.82, 2.24) is 0 Å². The van der Waals surface area contributed by atoms with Gasteiger partial charge in [-0.15, -0.1) is 0 Å². The number of nitro groups is 1. The van der Waals surface area contributed by atoms with E-state index in [0.29, 0.717) is 0 Å². The predicted octanol–water partition coefficient (Wildman–Crippen LogP) is 0.688. The number of carboxylic acid groups (broad SMARTS) is 1. The molecule has 0 bridgehead atoms. The Bertz CT molecular complexity index is 436. The van der Waals surface area contributed by atoms with Crippen LogP contribution in [-0.4, -0.2) is 22.0 Å². The van der Waals surface area contributed by atoms with Crippen LogP contribution in [0.5, 0.6) is 0 Å². The maximum Gasteiger partial charge on any atom is 0.320 e. The van der Waals surface area contributed by atoms with Crippen LogP contribution in [0.1, 0.15) is 5.56 Å². The number of hydrogen-bond donors (Lipinski definition) is 2. The summed E-state index contributed by atoms with van der Waals surface area (Å²) in [6.45, 7) is 0. The van der Waals surface area contributed by atoms with Crippen LogP contribution in [0.25, 0.3) is 0 Å². The molecule has 0 aliphatic heterocycles. The zero-order valence-corrected chi connectivity index (χ0v) is 8.09. The molecule has 0 aliphatic carbocycles. The second-order valence-corrected chi connectivity index (χ2v) is 3.14. The number of carbonyl (C=O) groups is 1. The topological polar surface area (TPSA) is 106 Å². The first-order valence-electron chi connectivity index (χ1n) is 4.33. The number of nitrogens with zero attached hydrogens (tertiary/aromatic N) is 1. The minimum atomic E-state index is -1.37. The first-order chi connectivity index (χ1) is 7.43. The summed E-state index contributed by atoms with van der Waals surface area (Å²) >= 11 is 0. The summed E-state index contributed by atoms with van der Waals surface area (Å²) in [5.74, 6) is -2.16. The number of carboxylic acids is 1. The molecule has 0 saturated heterocycles. The zero-order valence-electron chi connectivity index (χ0n) is 8.09. The van der Waals surface area contributed by atoms with Crippen LogP contribution < -0.4 is 5.73 Å². The van der Waals surface area contributed by atoms with Gasteiger partial charge in [-0.25, -0.2) is 4.39 Å². The summed E-state index contributed by atoms with van der Waals surface area (Å²) in [5, 5.41) is 19.1. The fourth-order valence-corrected chi connectivity index (χ4v) is 1.23. The monoisotopic (exact) mass is 228 g/mol. The molecule has 3 N–H and O–H groups in total. The highest BCUT2D eigenvalue weighted by atomic mass is 19.1. The maximum absolute atomic E-state index is 13.3. The lowest BCUT2D eigenvalue weighted by atomic mass is 10.0. The van der Waals surface area contributed by atoms with E-state index in [-0.39, 0.29) is 5.56 Å². The molecular weight excluding hydrogens is 219 g/mol. The van der Waals surface area contributed by atoms with E-state index in [1.165, 1.54) is 6.07 Å². The Morgan fingerprint density at radius 2 is 2.25 bits per heavy atom. The van der Waals surface area contributed by atoms with Gasteiger partial charge < -0.3 is 10.8 Å². The van der Waals surface area contributed by atoms with Gasteiger partial charge in [-0.2, -0.15) is 0 Å². The molecule has 86 valence electrons. The van der Waals surface area contributed by atoms with Gasteiger partial charge in [-0.1, -0.05) is 6.07 Å². The minimum absolute atomic E-state index is 0.289. The molecule has 0 radical (unpaired) electrons. The molecular formula is C9H9FN2O4. The van der Waals surface area contributed by atoms with Crippen molar-refractivity contribution >= 4 is 11.7 Å². The SMILES string of the molecule is NC(Cc1c(F)cccc1[N+](=O)[O-])C(=O)O. The zero-order chi connectivity index (χ0) is 12.3. The molecule has 0 fully saturated rings. The smallest absolute Gasteiger partial charge is 0.320 e. The fraction of sp³-hybridized carbons (Fsp3) is 0.222. The first kappa shape index (κ1) is 12.1. The van der Waals surface area contributed by atoms with Crippen LogP contribution in [0.3, 0.4) is 0 Å². The highest BCUT2D eigenvalue weighted by Crippen LogP contribution is 2.22. The van der Waals surface area contributed by atoms with Gasteiger partial charge in [-0.3, -0.25) is 14.9 Å². The van der Waals surface area contributed by atoms with Crippen LogP contribution >= 0.6 is 0 Å². The Morgan fingerprint density at radius 1 is 1.62 bits per heavy atom. The van der Waals surface area contributed by atoms with Gasteiger partial charge in [0.05, 0.1) is 10.5 Å². The number of rotatable bonds is 4. The van der Waals surface area contributed by atoms with Crippen LogP contribution in [0.2, 0.25) is 0 Å². The van der Waals surface area contributed by atoms with E-state index in [9.17, 15) is 19.3 Å². The lowest BCUT2D eigenvalue weighted by molar-refractivity contribution is -0.385. The molecule has 0 aliphatic rings. The highest BCUT2D eigenvalue weighted by molar-refractivity contribution is 5.73. The van der Waals surface area contributed by atoms with Crippen molar-refractivity contribution in [2.45, 2.75) is 12.5 Å². The van der Waals surface area contributed by atoms with Crippen molar-refractivity contribution in [3.05, 3.63) is 39.7 Å². The molecule has 6 nitrogen and oxygen atoms in total. The van der Waals surface area contributed by atoms with E-state index in [1.54, 1.807) is 0 Å². The first-order valence-corrected chi connectivity index (χ1v) is 4.33. The number of aliphatic carboxylic acids is 1. The lowest BCUT2D eigenvalue weighted by Crippen LogP contribution is -2.32. The Morgan fingerprint density at radius 3 is 2.75 bits per heavy atom. The van der Waals surface area contributed by atoms with Crippen molar-refractivity contribution in [3.63, 3.8) is 0 Å². The summed E-state index contributed by atoms with van der Waals surface area (Å²) in [4.78, 5) is 20.3. The summed E-state index contributed by atoms with van der Waals surface area (Å²) in [6.07, 6.45) is -0.418. The third-order valence-corrected chi connectivity index (χ3v) is 2.03. The van der Waals surface area contributed by atoms with Gasteiger partial charge in [0, 0.05) is 12.5 Å². The fourth-order valence-electron chi connectivity index (χ4n) is 1.23. The number of benzene rings is 1. The number of hydrogen-bond acceptors (Lipinski definition) is 4. The van der Waals surface area contributed by atoms with E-state index in [4.69, 9.17) is 10.8 Å². The molecule has 1 aromatic carbocycles. The van der Waals surface area contributed by atoms with Crippen molar-refractivity contribution in [3.8, 4) is 0 Å². The Kier molecular flexibility index (Phi) is 3.51. The van der Waals surface area contributed by atoms with Gasteiger partial charge in [0.1, 0.15) is 11.9 Å². The Labute approximate surface area is 89.6 Å². The summed E-state index contributed by atoms with van der Waals surface area (Å²) in [6, 6.07) is 1.95. The largest absolute Gasteiger partial charge is 0.480 e. The van der Waals surface area contributed by atoms with Gasteiger partial charge in [-0.05, 0) is 6.07 Å². The van der Waals surface area contributed by atoms with Crippen LogP contribution in [0, 0.1) is 15.9 Å². The molecule has 1 aromatic rings. The van der Waals surface area contributed by atoms with Gasteiger partial charge in [0.25, 0.3) is 5.69 Å². The standard InChI is InChI=1S/C9H9FN2O4/c10-6-2-1-3-8(12(15)16)5(6)4-7(11)9(13)14/h1-3,7H,4,11H2,(H,13,14). The van der Waals surface area contributed by atoms with Crippen molar-refractivity contribution in [1.29, 1.82) is 0 Å². The summed E-state index contributed by atoms with van der Waals surface area (Å²) in [5.41, 5.74) is 4.45.